The Morgan fingerprint density at radius 3 is 2.64 bits per heavy atom. The number of halogens is 1. The van der Waals surface area contributed by atoms with Crippen LogP contribution in [-0.4, -0.2) is 64.2 Å². The second-order valence-corrected chi connectivity index (χ2v) is 14.4. The van der Waals surface area contributed by atoms with Gasteiger partial charge in [0, 0.05) is 92.1 Å². The highest BCUT2D eigenvalue weighted by molar-refractivity contribution is 5.84. The molecule has 47 heavy (non-hydrogen) atoms. The molecule has 1 aliphatic carbocycles. The monoisotopic (exact) mass is 635 g/mol. The standard InChI is InChI=1S/C38H46FN7O/c1-25-5-6-31(19-42-25)43-14-3-4-32(24-43)45(20-27-9-12-40-26(2)16-27)22-29-23-46(30-7-8-30)36-18-37(34(39)17-33(36)38(29)47)44-15-11-35-28(21-44)10-13-41-35/h5-6,9,12,16-19,23,28,30,32,35,41H,3-4,7-8,10-11,13-15,20-22,24H2,1-2H3. The molecule has 4 aromatic rings. The van der Waals surface area contributed by atoms with E-state index in [0.29, 0.717) is 42.2 Å². The highest BCUT2D eigenvalue weighted by atomic mass is 19.1. The van der Waals surface area contributed by atoms with Crippen LogP contribution in [-0.2, 0) is 13.1 Å². The van der Waals surface area contributed by atoms with Gasteiger partial charge in [-0.3, -0.25) is 19.7 Å². The molecule has 1 saturated carbocycles. The van der Waals surface area contributed by atoms with Crippen molar-refractivity contribution >= 4 is 22.3 Å². The molecule has 1 N–H and O–H groups in total. The fourth-order valence-corrected chi connectivity index (χ4v) is 8.30. The lowest BCUT2D eigenvalue weighted by Crippen LogP contribution is -2.48. The summed E-state index contributed by atoms with van der Waals surface area (Å²) >= 11 is 0. The lowest BCUT2D eigenvalue weighted by Gasteiger charge is -2.40. The van der Waals surface area contributed by atoms with Crippen LogP contribution < -0.4 is 20.5 Å². The molecule has 4 fully saturated rings. The molecule has 0 radical (unpaired) electrons. The van der Waals surface area contributed by atoms with Crippen LogP contribution in [0.4, 0.5) is 15.8 Å². The van der Waals surface area contributed by atoms with Gasteiger partial charge in [0.05, 0.1) is 23.1 Å². The summed E-state index contributed by atoms with van der Waals surface area (Å²) in [7, 11) is 0. The van der Waals surface area contributed by atoms with Gasteiger partial charge in [-0.05, 0) is 107 Å². The van der Waals surface area contributed by atoms with E-state index in [1.54, 1.807) is 0 Å². The number of hydrogen-bond acceptors (Lipinski definition) is 7. The number of hydrogen-bond donors (Lipinski definition) is 1. The first-order valence-corrected chi connectivity index (χ1v) is 17.6. The molecular formula is C38H46FN7O. The number of nitrogens with zero attached hydrogens (tertiary/aromatic N) is 6. The van der Waals surface area contributed by atoms with E-state index >= 15 is 4.39 Å². The third-order valence-corrected chi connectivity index (χ3v) is 11.0. The smallest absolute Gasteiger partial charge is 0.193 e. The Kier molecular flexibility index (Phi) is 8.22. The Bertz CT molecular complexity index is 1820. The van der Waals surface area contributed by atoms with E-state index in [9.17, 15) is 4.79 Å². The molecule has 3 atom stereocenters. The number of fused-ring (bicyclic) bond motifs is 2. The summed E-state index contributed by atoms with van der Waals surface area (Å²) in [6, 6.07) is 13.1. The van der Waals surface area contributed by atoms with Gasteiger partial charge in [0.15, 0.2) is 5.43 Å². The summed E-state index contributed by atoms with van der Waals surface area (Å²) in [6.07, 6.45) is 12.4. The molecule has 0 bridgehead atoms. The van der Waals surface area contributed by atoms with Crippen molar-refractivity contribution in [3.05, 3.63) is 93.5 Å². The van der Waals surface area contributed by atoms with E-state index in [4.69, 9.17) is 0 Å². The van der Waals surface area contributed by atoms with Gasteiger partial charge in [0.1, 0.15) is 5.82 Å². The highest BCUT2D eigenvalue weighted by Gasteiger charge is 2.34. The van der Waals surface area contributed by atoms with Crippen molar-refractivity contribution in [1.29, 1.82) is 0 Å². The van der Waals surface area contributed by atoms with Crippen LogP contribution in [0.3, 0.4) is 0 Å². The molecule has 8 rings (SSSR count). The molecule has 0 amide bonds. The summed E-state index contributed by atoms with van der Waals surface area (Å²) < 4.78 is 18.3. The molecule has 4 aliphatic rings. The number of anilines is 2. The van der Waals surface area contributed by atoms with Crippen molar-refractivity contribution in [3.63, 3.8) is 0 Å². The van der Waals surface area contributed by atoms with Crippen molar-refractivity contribution in [2.24, 2.45) is 5.92 Å². The second-order valence-electron chi connectivity index (χ2n) is 14.4. The van der Waals surface area contributed by atoms with Crippen LogP contribution in [0.2, 0.25) is 0 Å². The molecule has 3 unspecified atom stereocenters. The summed E-state index contributed by atoms with van der Waals surface area (Å²) in [6.45, 7) is 9.88. The number of benzene rings is 1. The van der Waals surface area contributed by atoms with E-state index in [1.807, 2.05) is 32.3 Å². The van der Waals surface area contributed by atoms with Crippen molar-refractivity contribution < 1.29 is 4.39 Å². The predicted octanol–water partition coefficient (Wildman–Crippen LogP) is 5.74. The quantitative estimate of drug-likeness (QED) is 0.265. The molecule has 6 heterocycles. The maximum Gasteiger partial charge on any atom is 0.193 e. The Labute approximate surface area is 276 Å². The van der Waals surface area contributed by atoms with Crippen LogP contribution >= 0.6 is 0 Å². The van der Waals surface area contributed by atoms with Gasteiger partial charge in [0.25, 0.3) is 0 Å². The minimum atomic E-state index is -0.280. The van der Waals surface area contributed by atoms with Crippen LogP contribution in [0.5, 0.6) is 0 Å². The first-order valence-electron chi connectivity index (χ1n) is 17.6. The van der Waals surface area contributed by atoms with E-state index < -0.39 is 0 Å². The van der Waals surface area contributed by atoms with Crippen molar-refractivity contribution in [3.8, 4) is 0 Å². The van der Waals surface area contributed by atoms with Gasteiger partial charge in [-0.25, -0.2) is 4.39 Å². The van der Waals surface area contributed by atoms with Gasteiger partial charge in [-0.15, -0.1) is 0 Å². The molecule has 3 saturated heterocycles. The van der Waals surface area contributed by atoms with Crippen molar-refractivity contribution in [2.75, 3.05) is 42.5 Å². The van der Waals surface area contributed by atoms with Gasteiger partial charge in [0.2, 0.25) is 0 Å². The molecule has 0 spiro atoms. The van der Waals surface area contributed by atoms with E-state index in [-0.39, 0.29) is 17.3 Å². The summed E-state index contributed by atoms with van der Waals surface area (Å²) in [5, 5.41) is 4.12. The summed E-state index contributed by atoms with van der Waals surface area (Å²) in [4.78, 5) is 30.4. The highest BCUT2D eigenvalue weighted by Crippen LogP contribution is 2.39. The van der Waals surface area contributed by atoms with E-state index in [1.165, 1.54) is 11.6 Å². The second kappa shape index (κ2) is 12.7. The van der Waals surface area contributed by atoms with Crippen LogP contribution in [0.15, 0.2) is 59.8 Å². The SMILES string of the molecule is Cc1ccc(N2CCCC(N(Cc3ccnc(C)c3)Cc3cn(C4CC4)c4cc(N5CCC6NCCC6C5)c(F)cc4c3=O)C2)cn1. The van der Waals surface area contributed by atoms with Gasteiger partial charge >= 0.3 is 0 Å². The van der Waals surface area contributed by atoms with Gasteiger partial charge < -0.3 is 19.7 Å². The van der Waals surface area contributed by atoms with Crippen LogP contribution in [0, 0.1) is 25.6 Å². The number of pyridine rings is 3. The summed E-state index contributed by atoms with van der Waals surface area (Å²) in [5.74, 6) is 0.275. The molecule has 9 heteroatoms. The predicted molar refractivity (Wildman–Crippen MR) is 186 cm³/mol. The minimum absolute atomic E-state index is 0.0487. The number of nitrogens with one attached hydrogen (secondary N) is 1. The number of aromatic nitrogens is 3. The normalized spacial score (nSPS) is 23.1. The van der Waals surface area contributed by atoms with Crippen LogP contribution in [0.25, 0.3) is 10.9 Å². The fraction of sp³-hybridized carbons (Fsp3) is 0.500. The molecule has 1 aromatic carbocycles. The van der Waals surface area contributed by atoms with E-state index in [2.05, 4.69) is 65.0 Å². The van der Waals surface area contributed by atoms with Crippen molar-refractivity contribution in [1.82, 2.24) is 24.8 Å². The minimum Gasteiger partial charge on any atom is -0.369 e. The Morgan fingerprint density at radius 1 is 0.936 bits per heavy atom. The average molecular weight is 636 g/mol. The fourth-order valence-electron chi connectivity index (χ4n) is 8.30. The summed E-state index contributed by atoms with van der Waals surface area (Å²) in [5.41, 5.74) is 6.54. The topological polar surface area (TPSA) is 69.5 Å². The molecule has 3 aromatic heterocycles. The Balaban J connectivity index is 1.14. The Hall–Kier alpha value is -3.82. The van der Waals surface area contributed by atoms with Crippen LogP contribution in [0.1, 0.15) is 67.1 Å². The first-order chi connectivity index (χ1) is 22.9. The first kappa shape index (κ1) is 30.5. The zero-order chi connectivity index (χ0) is 32.1. The maximum absolute atomic E-state index is 16.0. The molecule has 8 nitrogen and oxygen atoms in total. The number of aryl methyl sites for hydroxylation is 2. The maximum atomic E-state index is 16.0. The molecular weight excluding hydrogens is 589 g/mol. The number of piperidine rings is 2. The molecule has 246 valence electrons. The lowest BCUT2D eigenvalue weighted by molar-refractivity contribution is 0.158. The zero-order valence-corrected chi connectivity index (χ0v) is 27.7. The zero-order valence-electron chi connectivity index (χ0n) is 27.7. The third kappa shape index (κ3) is 6.27. The Morgan fingerprint density at radius 2 is 1.83 bits per heavy atom. The third-order valence-electron chi connectivity index (χ3n) is 11.0. The number of rotatable bonds is 8. The van der Waals surface area contributed by atoms with Gasteiger partial charge in [-0.2, -0.15) is 0 Å². The average Bonchev–Trinajstić information content (AvgIpc) is 3.82. The molecule has 3 aliphatic heterocycles. The van der Waals surface area contributed by atoms with Gasteiger partial charge in [-0.1, -0.05) is 0 Å². The van der Waals surface area contributed by atoms with Crippen molar-refractivity contribution in [2.45, 2.75) is 83.6 Å². The lowest BCUT2D eigenvalue weighted by atomic mass is 9.93. The van der Waals surface area contributed by atoms with E-state index in [0.717, 1.165) is 99.4 Å². The largest absolute Gasteiger partial charge is 0.369 e.